The van der Waals surface area contributed by atoms with Gasteiger partial charge in [-0.15, -0.1) is 0 Å². The smallest absolute Gasteiger partial charge is 0.336 e. The molecule has 2 amide bonds. The summed E-state index contributed by atoms with van der Waals surface area (Å²) in [5.74, 6) is -3.79. The van der Waals surface area contributed by atoms with Crippen LogP contribution in [-0.2, 0) is 14.6 Å². The maximum absolute atomic E-state index is 12.2. The molecule has 1 aromatic rings. The number of carbonyl (C=O) groups excluding carboxylic acids is 2. The zero-order chi connectivity index (χ0) is 18.3. The highest BCUT2D eigenvalue weighted by Gasteiger charge is 2.26. The number of carboxylic acid groups (broad SMARTS) is 1. The second-order valence-electron chi connectivity index (χ2n) is 4.85. The molecule has 0 saturated carbocycles. The van der Waals surface area contributed by atoms with E-state index in [1.165, 1.54) is 24.3 Å². The Morgan fingerprint density at radius 2 is 1.83 bits per heavy atom. The van der Waals surface area contributed by atoms with E-state index >= 15 is 0 Å². The molecular formula is C14H15N3O6S. The number of hydrogen-bond acceptors (Lipinski definition) is 6. The van der Waals surface area contributed by atoms with Crippen molar-refractivity contribution in [3.8, 4) is 6.07 Å². The third-order valence-electron chi connectivity index (χ3n) is 2.84. The molecule has 3 N–H and O–H groups in total. The highest BCUT2D eigenvalue weighted by atomic mass is 32.2. The minimum atomic E-state index is -3.62. The number of rotatable bonds is 7. The molecule has 1 atom stereocenters. The lowest BCUT2D eigenvalue weighted by atomic mass is 10.1. The third-order valence-corrected chi connectivity index (χ3v) is 3.77. The molecule has 0 aliphatic heterocycles. The van der Waals surface area contributed by atoms with Crippen molar-refractivity contribution >= 4 is 27.6 Å². The summed E-state index contributed by atoms with van der Waals surface area (Å²) in [5, 5.41) is 21.9. The summed E-state index contributed by atoms with van der Waals surface area (Å²) in [4.78, 5) is 35.3. The van der Waals surface area contributed by atoms with Gasteiger partial charge in [0.25, 0.3) is 5.91 Å². The molecule has 0 aromatic heterocycles. The fourth-order valence-electron chi connectivity index (χ4n) is 1.84. The monoisotopic (exact) mass is 353 g/mol. The van der Waals surface area contributed by atoms with E-state index < -0.39 is 39.4 Å². The molecule has 1 unspecified atom stereocenters. The van der Waals surface area contributed by atoms with Crippen LogP contribution in [0.4, 0.5) is 0 Å². The van der Waals surface area contributed by atoms with Gasteiger partial charge in [0.2, 0.25) is 5.91 Å². The Bertz CT molecular complexity index is 797. The second-order valence-corrected chi connectivity index (χ2v) is 7.03. The van der Waals surface area contributed by atoms with E-state index in [2.05, 4.69) is 10.6 Å². The molecule has 0 aliphatic carbocycles. The van der Waals surface area contributed by atoms with Gasteiger partial charge in [-0.1, -0.05) is 12.1 Å². The van der Waals surface area contributed by atoms with Crippen LogP contribution in [0.5, 0.6) is 0 Å². The standard InChI is InChI=1S/C14H15N3O6S/c1-24(22,23)8-11(13(19)16-7-6-15)17-12(18)9-4-2-3-5-10(9)14(20)21/h2-5,11H,7-8H2,1H3,(H,16,19)(H,17,18)(H,20,21). The number of nitriles is 1. The van der Waals surface area contributed by atoms with Crippen molar-refractivity contribution in [2.75, 3.05) is 18.6 Å². The van der Waals surface area contributed by atoms with Gasteiger partial charge < -0.3 is 15.7 Å². The first-order valence-electron chi connectivity index (χ1n) is 6.61. The summed E-state index contributed by atoms with van der Waals surface area (Å²) in [6.45, 7) is -0.360. The molecule has 0 heterocycles. The molecule has 0 fully saturated rings. The van der Waals surface area contributed by atoms with Gasteiger partial charge in [-0.3, -0.25) is 9.59 Å². The predicted octanol–water partition coefficient (Wildman–Crippen LogP) is -0.832. The summed E-state index contributed by atoms with van der Waals surface area (Å²) < 4.78 is 22.8. The number of sulfone groups is 1. The molecule has 0 saturated heterocycles. The molecule has 9 nitrogen and oxygen atoms in total. The van der Waals surface area contributed by atoms with Crippen LogP contribution >= 0.6 is 0 Å². The van der Waals surface area contributed by atoms with E-state index in [1.54, 1.807) is 6.07 Å². The van der Waals surface area contributed by atoms with Crippen LogP contribution in [0.3, 0.4) is 0 Å². The van der Waals surface area contributed by atoms with Crippen LogP contribution in [0.25, 0.3) is 0 Å². The maximum Gasteiger partial charge on any atom is 0.336 e. The van der Waals surface area contributed by atoms with Gasteiger partial charge >= 0.3 is 5.97 Å². The van der Waals surface area contributed by atoms with Crippen molar-refractivity contribution in [1.82, 2.24) is 10.6 Å². The Balaban J connectivity index is 3.06. The number of nitrogens with zero attached hydrogens (tertiary/aromatic N) is 1. The Kier molecular flexibility index (Phi) is 6.43. The average molecular weight is 353 g/mol. The minimum absolute atomic E-state index is 0.211. The van der Waals surface area contributed by atoms with Crippen LogP contribution in [0.2, 0.25) is 0 Å². The number of hydrogen-bond donors (Lipinski definition) is 3. The normalized spacial score (nSPS) is 11.8. The first-order valence-corrected chi connectivity index (χ1v) is 8.67. The predicted molar refractivity (Wildman–Crippen MR) is 83.0 cm³/mol. The molecule has 10 heteroatoms. The van der Waals surface area contributed by atoms with Crippen LogP contribution in [0.15, 0.2) is 24.3 Å². The fraction of sp³-hybridized carbons (Fsp3) is 0.286. The number of benzene rings is 1. The van der Waals surface area contributed by atoms with E-state index in [9.17, 15) is 22.8 Å². The lowest BCUT2D eigenvalue weighted by Crippen LogP contribution is -2.50. The molecule has 24 heavy (non-hydrogen) atoms. The zero-order valence-corrected chi connectivity index (χ0v) is 13.5. The van der Waals surface area contributed by atoms with Gasteiger partial charge in [-0.05, 0) is 12.1 Å². The lowest BCUT2D eigenvalue weighted by molar-refractivity contribution is -0.122. The number of aromatic carboxylic acids is 1. The SMILES string of the molecule is CS(=O)(=O)CC(NC(=O)c1ccccc1C(=O)O)C(=O)NCC#N. The molecule has 1 aromatic carbocycles. The first kappa shape index (κ1) is 19.1. The maximum atomic E-state index is 12.2. The summed E-state index contributed by atoms with van der Waals surface area (Å²) >= 11 is 0. The molecule has 0 radical (unpaired) electrons. The molecule has 0 spiro atoms. The fourth-order valence-corrected chi connectivity index (χ4v) is 2.68. The van der Waals surface area contributed by atoms with Gasteiger partial charge in [0, 0.05) is 6.26 Å². The van der Waals surface area contributed by atoms with Gasteiger partial charge in [0.15, 0.2) is 0 Å². The molecule has 0 aliphatic rings. The van der Waals surface area contributed by atoms with E-state index in [0.717, 1.165) is 6.26 Å². The van der Waals surface area contributed by atoms with Crippen molar-refractivity contribution in [1.29, 1.82) is 5.26 Å². The highest BCUT2D eigenvalue weighted by molar-refractivity contribution is 7.90. The van der Waals surface area contributed by atoms with E-state index in [1.807, 2.05) is 0 Å². The van der Waals surface area contributed by atoms with E-state index in [-0.39, 0.29) is 17.7 Å². The average Bonchev–Trinajstić information content (AvgIpc) is 2.50. The molecule has 0 bridgehead atoms. The number of nitrogens with one attached hydrogen (secondary N) is 2. The zero-order valence-electron chi connectivity index (χ0n) is 12.6. The summed E-state index contributed by atoms with van der Waals surface area (Å²) in [7, 11) is -3.62. The van der Waals surface area contributed by atoms with Gasteiger partial charge in [0.1, 0.15) is 22.4 Å². The molecular weight excluding hydrogens is 338 g/mol. The number of carbonyl (C=O) groups is 3. The number of carboxylic acids is 1. The van der Waals surface area contributed by atoms with Crippen LogP contribution < -0.4 is 10.6 Å². The second kappa shape index (κ2) is 8.07. The highest BCUT2D eigenvalue weighted by Crippen LogP contribution is 2.09. The molecule has 1 rings (SSSR count). The first-order chi connectivity index (χ1) is 11.2. The van der Waals surface area contributed by atoms with Gasteiger partial charge in [-0.25, -0.2) is 13.2 Å². The summed E-state index contributed by atoms with van der Waals surface area (Å²) in [6, 6.07) is 5.50. The van der Waals surface area contributed by atoms with Gasteiger partial charge in [0.05, 0.1) is 22.9 Å². The van der Waals surface area contributed by atoms with Crippen molar-refractivity contribution in [3.05, 3.63) is 35.4 Å². The lowest BCUT2D eigenvalue weighted by Gasteiger charge is -2.17. The number of amides is 2. The Morgan fingerprint density at radius 1 is 1.25 bits per heavy atom. The van der Waals surface area contributed by atoms with E-state index in [4.69, 9.17) is 10.4 Å². The van der Waals surface area contributed by atoms with Crippen molar-refractivity contribution in [2.24, 2.45) is 0 Å². The topological polar surface area (TPSA) is 153 Å². The quantitative estimate of drug-likeness (QED) is 0.540. The van der Waals surface area contributed by atoms with Crippen LogP contribution in [-0.4, -0.2) is 55.9 Å². The largest absolute Gasteiger partial charge is 0.478 e. The summed E-state index contributed by atoms with van der Waals surface area (Å²) in [6.07, 6.45) is 0.884. The minimum Gasteiger partial charge on any atom is -0.478 e. The van der Waals surface area contributed by atoms with Crippen molar-refractivity contribution < 1.29 is 27.9 Å². The van der Waals surface area contributed by atoms with Gasteiger partial charge in [-0.2, -0.15) is 5.26 Å². The Labute approximate surface area is 138 Å². The molecule has 128 valence electrons. The van der Waals surface area contributed by atoms with E-state index in [0.29, 0.717) is 0 Å². The van der Waals surface area contributed by atoms with Crippen molar-refractivity contribution in [3.63, 3.8) is 0 Å². The Morgan fingerprint density at radius 3 is 2.33 bits per heavy atom. The van der Waals surface area contributed by atoms with Crippen LogP contribution in [0, 0.1) is 11.3 Å². The van der Waals surface area contributed by atoms with Crippen molar-refractivity contribution in [2.45, 2.75) is 6.04 Å². The third kappa shape index (κ3) is 5.69. The summed E-state index contributed by atoms with van der Waals surface area (Å²) in [5.41, 5.74) is -0.498. The Hall–Kier alpha value is -2.93. The van der Waals surface area contributed by atoms with Crippen LogP contribution in [0.1, 0.15) is 20.7 Å².